The standard InChI is InChI=1S/C75H146O17P2/c1-8-9-10-11-12-13-14-15-18-21-27-35-42-49-56-72(77)85-62-70(91-74(79)58-51-44-37-28-22-19-16-17-20-25-32-39-46-53-66(2)3)64-89-93(81,82)87-60-69(76)61-88-94(83,84)90-65-71(63-86-73(78)57-50-43-36-31-30-34-41-48-55-68(6)7)92-75(80)59-52-45-38-29-24-23-26-33-40-47-54-67(4)5/h66-71,76H,8-65H2,1-7H3,(H,81,82)(H,83,84)/t69-,70-,71-/m1/s1. The van der Waals surface area contributed by atoms with Gasteiger partial charge in [0.25, 0.3) is 0 Å². The fraction of sp³-hybridized carbons (Fsp3) is 0.947. The molecule has 2 unspecified atom stereocenters. The Bertz CT molecular complexity index is 1840. The molecule has 0 aliphatic rings. The molecule has 94 heavy (non-hydrogen) atoms. The van der Waals surface area contributed by atoms with E-state index in [1.54, 1.807) is 0 Å². The monoisotopic (exact) mass is 1380 g/mol. The molecule has 0 aliphatic carbocycles. The van der Waals surface area contributed by atoms with Gasteiger partial charge in [0.05, 0.1) is 26.4 Å². The average molecular weight is 1380 g/mol. The summed E-state index contributed by atoms with van der Waals surface area (Å²) in [5.41, 5.74) is 0. The third kappa shape index (κ3) is 68.6. The highest BCUT2D eigenvalue weighted by atomic mass is 31.2. The summed E-state index contributed by atoms with van der Waals surface area (Å²) in [5.74, 6) is 0.147. The van der Waals surface area contributed by atoms with Gasteiger partial charge in [-0.15, -0.1) is 0 Å². The second-order valence-corrected chi connectivity index (χ2v) is 31.4. The zero-order valence-electron chi connectivity index (χ0n) is 61.4. The first-order valence-electron chi connectivity index (χ1n) is 38.8. The van der Waals surface area contributed by atoms with Crippen molar-refractivity contribution >= 4 is 39.5 Å². The zero-order valence-corrected chi connectivity index (χ0v) is 63.2. The summed E-state index contributed by atoms with van der Waals surface area (Å²) in [7, 11) is -9.91. The van der Waals surface area contributed by atoms with Gasteiger partial charge in [0, 0.05) is 25.7 Å². The maximum Gasteiger partial charge on any atom is 0.472 e. The van der Waals surface area contributed by atoms with Crippen LogP contribution in [-0.2, 0) is 65.4 Å². The summed E-state index contributed by atoms with van der Waals surface area (Å²) < 4.78 is 68.5. The van der Waals surface area contributed by atoms with Crippen molar-refractivity contribution in [2.24, 2.45) is 17.8 Å². The van der Waals surface area contributed by atoms with Crippen LogP contribution in [0.3, 0.4) is 0 Å². The Balaban J connectivity index is 5.26. The Kier molecular flexibility index (Phi) is 64.3. The number of aliphatic hydroxyl groups excluding tert-OH is 1. The van der Waals surface area contributed by atoms with Crippen LogP contribution in [0.5, 0.6) is 0 Å². The van der Waals surface area contributed by atoms with Crippen LogP contribution in [0.25, 0.3) is 0 Å². The Hall–Kier alpha value is -1.94. The summed E-state index contributed by atoms with van der Waals surface area (Å²) in [5, 5.41) is 10.6. The third-order valence-corrected chi connectivity index (χ3v) is 19.3. The first-order valence-corrected chi connectivity index (χ1v) is 41.8. The number of unbranched alkanes of at least 4 members (excludes halogenated alkanes) is 41. The van der Waals surface area contributed by atoms with E-state index in [1.165, 1.54) is 193 Å². The molecule has 0 aromatic rings. The molecule has 17 nitrogen and oxygen atoms in total. The van der Waals surface area contributed by atoms with Gasteiger partial charge in [-0.05, 0) is 43.4 Å². The maximum absolute atomic E-state index is 13.1. The third-order valence-electron chi connectivity index (χ3n) is 17.4. The lowest BCUT2D eigenvalue weighted by atomic mass is 10.0. The quantitative estimate of drug-likeness (QED) is 0.0222. The van der Waals surface area contributed by atoms with E-state index in [1.807, 2.05) is 0 Å². The number of phosphoric ester groups is 2. The average Bonchev–Trinajstić information content (AvgIpc) is 2.30. The molecule has 0 radical (unpaired) electrons. The van der Waals surface area contributed by atoms with Crippen LogP contribution in [0.2, 0.25) is 0 Å². The molecule has 0 fully saturated rings. The van der Waals surface area contributed by atoms with Gasteiger partial charge in [-0.1, -0.05) is 331 Å². The fourth-order valence-corrected chi connectivity index (χ4v) is 13.0. The summed E-state index contributed by atoms with van der Waals surface area (Å²) in [4.78, 5) is 72.8. The summed E-state index contributed by atoms with van der Waals surface area (Å²) in [6.07, 6.45) is 51.3. The van der Waals surface area contributed by atoms with Gasteiger partial charge in [0.1, 0.15) is 19.3 Å². The highest BCUT2D eigenvalue weighted by Crippen LogP contribution is 2.45. The minimum absolute atomic E-state index is 0.105. The van der Waals surface area contributed by atoms with E-state index in [0.29, 0.717) is 25.7 Å². The number of ether oxygens (including phenoxy) is 4. The minimum Gasteiger partial charge on any atom is -0.462 e. The lowest BCUT2D eigenvalue weighted by molar-refractivity contribution is -0.161. The van der Waals surface area contributed by atoms with Gasteiger partial charge < -0.3 is 33.8 Å². The number of aliphatic hydroxyl groups is 1. The van der Waals surface area contributed by atoms with Crippen molar-refractivity contribution in [2.75, 3.05) is 39.6 Å². The van der Waals surface area contributed by atoms with Gasteiger partial charge >= 0.3 is 39.5 Å². The van der Waals surface area contributed by atoms with Crippen LogP contribution in [-0.4, -0.2) is 96.7 Å². The second-order valence-electron chi connectivity index (χ2n) is 28.5. The smallest absolute Gasteiger partial charge is 0.462 e. The van der Waals surface area contributed by atoms with Crippen molar-refractivity contribution in [1.29, 1.82) is 0 Å². The molecular weight excluding hydrogens is 1230 g/mol. The number of esters is 4. The molecule has 0 saturated carbocycles. The Labute approximate surface area is 575 Å². The summed E-state index contributed by atoms with van der Waals surface area (Å²) in [6.45, 7) is 11.9. The van der Waals surface area contributed by atoms with Crippen molar-refractivity contribution in [1.82, 2.24) is 0 Å². The largest absolute Gasteiger partial charge is 0.472 e. The molecule has 0 aliphatic heterocycles. The molecule has 0 bridgehead atoms. The van der Waals surface area contributed by atoms with Crippen molar-refractivity contribution < 1.29 is 80.2 Å². The molecule has 0 aromatic heterocycles. The first kappa shape index (κ1) is 92.1. The first-order chi connectivity index (χ1) is 45.2. The lowest BCUT2D eigenvalue weighted by Crippen LogP contribution is -2.30. The zero-order chi connectivity index (χ0) is 69.4. The van der Waals surface area contributed by atoms with Gasteiger partial charge in [-0.3, -0.25) is 37.3 Å². The van der Waals surface area contributed by atoms with Crippen LogP contribution in [0.1, 0.15) is 382 Å². The fourth-order valence-electron chi connectivity index (χ4n) is 11.4. The van der Waals surface area contributed by atoms with E-state index in [9.17, 15) is 43.2 Å². The Morgan fingerprint density at radius 1 is 0.287 bits per heavy atom. The molecule has 5 atom stereocenters. The number of rotatable bonds is 73. The summed E-state index contributed by atoms with van der Waals surface area (Å²) >= 11 is 0. The molecule has 0 saturated heterocycles. The van der Waals surface area contributed by atoms with Crippen LogP contribution >= 0.6 is 15.6 Å². The molecule has 0 rings (SSSR count). The summed E-state index contributed by atoms with van der Waals surface area (Å²) in [6, 6.07) is 0. The van der Waals surface area contributed by atoms with Gasteiger partial charge in [-0.25, -0.2) is 9.13 Å². The van der Waals surface area contributed by atoms with E-state index >= 15 is 0 Å². The normalized spacial score (nSPS) is 14.1. The van der Waals surface area contributed by atoms with E-state index < -0.39 is 97.5 Å². The molecule has 3 N–H and O–H groups in total. The van der Waals surface area contributed by atoms with Crippen LogP contribution in [0.4, 0.5) is 0 Å². The van der Waals surface area contributed by atoms with Crippen LogP contribution in [0.15, 0.2) is 0 Å². The topological polar surface area (TPSA) is 237 Å². The second kappa shape index (κ2) is 65.7. The van der Waals surface area contributed by atoms with Gasteiger partial charge in [0.2, 0.25) is 0 Å². The number of carbonyl (C=O) groups is 4. The molecule has 19 heteroatoms. The van der Waals surface area contributed by atoms with Gasteiger partial charge in [0.15, 0.2) is 12.2 Å². The number of hydrogen-bond acceptors (Lipinski definition) is 15. The molecule has 0 aromatic carbocycles. The number of phosphoric acid groups is 2. The lowest BCUT2D eigenvalue weighted by Gasteiger charge is -2.21. The maximum atomic E-state index is 13.1. The predicted octanol–water partition coefficient (Wildman–Crippen LogP) is 21.8. The minimum atomic E-state index is -4.96. The van der Waals surface area contributed by atoms with Crippen LogP contribution < -0.4 is 0 Å². The van der Waals surface area contributed by atoms with Crippen molar-refractivity contribution in [3.05, 3.63) is 0 Å². The Morgan fingerprint density at radius 2 is 0.489 bits per heavy atom. The number of carbonyl (C=O) groups excluding carboxylic acids is 4. The SMILES string of the molecule is CCCCCCCCCCCCCCCCC(=O)OC[C@H](COP(=O)(O)OC[C@@H](O)COP(=O)(O)OC[C@@H](COC(=O)CCCCCCCCCCC(C)C)OC(=O)CCCCCCCCCCCCC(C)C)OC(=O)CCCCCCCCCCCCCCCC(C)C. The molecule has 0 heterocycles. The molecule has 0 spiro atoms. The molecule has 558 valence electrons. The van der Waals surface area contributed by atoms with E-state index in [0.717, 1.165) is 108 Å². The van der Waals surface area contributed by atoms with Crippen molar-refractivity contribution in [3.63, 3.8) is 0 Å². The van der Waals surface area contributed by atoms with Crippen molar-refractivity contribution in [3.8, 4) is 0 Å². The highest BCUT2D eigenvalue weighted by Gasteiger charge is 2.30. The predicted molar refractivity (Wildman–Crippen MR) is 381 cm³/mol. The van der Waals surface area contributed by atoms with E-state index in [2.05, 4.69) is 48.5 Å². The highest BCUT2D eigenvalue weighted by molar-refractivity contribution is 7.47. The van der Waals surface area contributed by atoms with Crippen molar-refractivity contribution in [2.45, 2.75) is 401 Å². The Morgan fingerprint density at radius 3 is 0.723 bits per heavy atom. The number of hydrogen-bond donors (Lipinski definition) is 3. The van der Waals surface area contributed by atoms with Gasteiger partial charge in [-0.2, -0.15) is 0 Å². The van der Waals surface area contributed by atoms with Crippen LogP contribution in [0, 0.1) is 17.8 Å². The van der Waals surface area contributed by atoms with E-state index in [-0.39, 0.29) is 25.7 Å². The molecule has 0 amide bonds. The molecular formula is C75H146O17P2. The van der Waals surface area contributed by atoms with E-state index in [4.69, 9.17) is 37.0 Å².